The van der Waals surface area contributed by atoms with Gasteiger partial charge in [-0.2, -0.15) is 0 Å². The van der Waals surface area contributed by atoms with Gasteiger partial charge >= 0.3 is 5.97 Å². The standard InChI is InChI=1S/C26H43NO3/c1-15(2)23(27)24(29)30-18-10-12-25(4)17(14-18)6-7-19-21-9-8-20(16(3)28)26(21,5)13-11-22(19)25/h15,17-23H,6-14,27H2,1-5H3/t17?,18?,19-,20+,21?,22?,23-,25-,26+/m0/s1. The van der Waals surface area contributed by atoms with E-state index in [2.05, 4.69) is 13.8 Å². The molecule has 0 saturated heterocycles. The molecule has 4 nitrogen and oxygen atoms in total. The van der Waals surface area contributed by atoms with E-state index in [4.69, 9.17) is 10.5 Å². The van der Waals surface area contributed by atoms with Gasteiger partial charge in [-0.25, -0.2) is 0 Å². The first-order chi connectivity index (χ1) is 14.1. The molecule has 170 valence electrons. The summed E-state index contributed by atoms with van der Waals surface area (Å²) in [5.74, 6) is 3.52. The molecule has 4 aliphatic carbocycles. The summed E-state index contributed by atoms with van der Waals surface area (Å²) in [6, 6.07) is -0.512. The third kappa shape index (κ3) is 3.45. The van der Waals surface area contributed by atoms with Gasteiger partial charge in [-0.1, -0.05) is 27.7 Å². The molecule has 4 rings (SSSR count). The summed E-state index contributed by atoms with van der Waals surface area (Å²) in [6.07, 6.45) is 10.6. The Labute approximate surface area is 183 Å². The molecule has 0 aromatic heterocycles. The Morgan fingerprint density at radius 2 is 1.60 bits per heavy atom. The van der Waals surface area contributed by atoms with Crippen molar-refractivity contribution in [3.05, 3.63) is 0 Å². The second kappa shape index (κ2) is 7.90. The van der Waals surface area contributed by atoms with Gasteiger partial charge in [0, 0.05) is 5.92 Å². The predicted octanol–water partition coefficient (Wildman–Crippen LogP) is 5.13. The highest BCUT2D eigenvalue weighted by molar-refractivity contribution is 5.79. The number of rotatable bonds is 4. The minimum atomic E-state index is -0.512. The zero-order valence-electron chi connectivity index (χ0n) is 19.8. The molecule has 4 fully saturated rings. The van der Waals surface area contributed by atoms with Crippen molar-refractivity contribution in [2.75, 3.05) is 0 Å². The monoisotopic (exact) mass is 417 g/mol. The topological polar surface area (TPSA) is 69.4 Å². The summed E-state index contributed by atoms with van der Waals surface area (Å²) >= 11 is 0. The molecule has 4 saturated carbocycles. The molecule has 0 bridgehead atoms. The predicted molar refractivity (Wildman–Crippen MR) is 119 cm³/mol. The number of fused-ring (bicyclic) bond motifs is 5. The molecule has 30 heavy (non-hydrogen) atoms. The van der Waals surface area contributed by atoms with Gasteiger partial charge in [-0.05, 0) is 105 Å². The zero-order valence-corrected chi connectivity index (χ0v) is 19.8. The fourth-order valence-electron chi connectivity index (χ4n) is 8.51. The van der Waals surface area contributed by atoms with Crippen LogP contribution in [-0.2, 0) is 14.3 Å². The van der Waals surface area contributed by atoms with Crippen LogP contribution < -0.4 is 5.73 Å². The molecule has 4 unspecified atom stereocenters. The fourth-order valence-corrected chi connectivity index (χ4v) is 8.51. The number of ketones is 1. The number of hydrogen-bond acceptors (Lipinski definition) is 4. The Bertz CT molecular complexity index is 690. The van der Waals surface area contributed by atoms with Crippen molar-refractivity contribution in [2.45, 2.75) is 105 Å². The van der Waals surface area contributed by atoms with Crippen LogP contribution in [0.3, 0.4) is 0 Å². The van der Waals surface area contributed by atoms with Crippen molar-refractivity contribution < 1.29 is 14.3 Å². The summed E-state index contributed by atoms with van der Waals surface area (Å²) in [6.45, 7) is 10.7. The first kappa shape index (κ1) is 22.3. The van der Waals surface area contributed by atoms with Gasteiger partial charge in [-0.3, -0.25) is 9.59 Å². The fraction of sp³-hybridized carbons (Fsp3) is 0.923. The quantitative estimate of drug-likeness (QED) is 0.644. The van der Waals surface area contributed by atoms with Crippen LogP contribution in [0.4, 0.5) is 0 Å². The highest BCUT2D eigenvalue weighted by Crippen LogP contribution is 2.67. The second-order valence-corrected chi connectivity index (χ2v) is 12.0. The number of Topliss-reactive ketones (excluding diaryl/α,β-unsaturated/α-hetero) is 1. The lowest BCUT2D eigenvalue weighted by Gasteiger charge is -2.61. The number of hydrogen-bond donors (Lipinski definition) is 1. The van der Waals surface area contributed by atoms with Crippen LogP contribution in [0.15, 0.2) is 0 Å². The highest BCUT2D eigenvalue weighted by Gasteiger charge is 2.60. The number of nitrogens with two attached hydrogens (primary N) is 1. The van der Waals surface area contributed by atoms with Gasteiger partial charge in [0.25, 0.3) is 0 Å². The lowest BCUT2D eigenvalue weighted by molar-refractivity contribution is -0.165. The molecule has 4 heteroatoms. The van der Waals surface area contributed by atoms with Crippen LogP contribution >= 0.6 is 0 Å². The van der Waals surface area contributed by atoms with Crippen LogP contribution in [0.2, 0.25) is 0 Å². The van der Waals surface area contributed by atoms with Gasteiger partial charge in [0.15, 0.2) is 0 Å². The van der Waals surface area contributed by atoms with E-state index < -0.39 is 6.04 Å². The van der Waals surface area contributed by atoms with Crippen molar-refractivity contribution in [1.29, 1.82) is 0 Å². The van der Waals surface area contributed by atoms with E-state index in [0.29, 0.717) is 17.1 Å². The van der Waals surface area contributed by atoms with Crippen molar-refractivity contribution in [1.82, 2.24) is 0 Å². The molecule has 0 heterocycles. The lowest BCUT2D eigenvalue weighted by Crippen LogP contribution is -2.54. The largest absolute Gasteiger partial charge is 0.461 e. The second-order valence-electron chi connectivity index (χ2n) is 12.0. The summed E-state index contributed by atoms with van der Waals surface area (Å²) in [5.41, 5.74) is 6.61. The Hall–Kier alpha value is -0.900. The maximum absolute atomic E-state index is 12.4. The SMILES string of the molecule is CC(=O)[C@H]1CCC2[C@@H]3CCC4CC(OC(=O)[C@@H](N)C(C)C)CC[C@]4(C)C3CC[C@@]21C. The summed E-state index contributed by atoms with van der Waals surface area (Å²) < 4.78 is 5.87. The maximum Gasteiger partial charge on any atom is 0.323 e. The highest BCUT2D eigenvalue weighted by atomic mass is 16.5. The van der Waals surface area contributed by atoms with Crippen molar-refractivity contribution in [2.24, 2.45) is 52.1 Å². The third-order valence-electron chi connectivity index (χ3n) is 10.4. The van der Waals surface area contributed by atoms with Crippen molar-refractivity contribution in [3.8, 4) is 0 Å². The van der Waals surface area contributed by atoms with E-state index in [1.165, 1.54) is 32.1 Å². The molecule has 4 aliphatic rings. The first-order valence-electron chi connectivity index (χ1n) is 12.5. The molecular weight excluding hydrogens is 374 g/mol. The molecule has 0 amide bonds. The van der Waals surface area contributed by atoms with Crippen LogP contribution in [0, 0.1) is 46.3 Å². The molecule has 0 radical (unpaired) electrons. The van der Waals surface area contributed by atoms with E-state index >= 15 is 0 Å². The molecule has 0 aliphatic heterocycles. The van der Waals surface area contributed by atoms with E-state index in [1.807, 2.05) is 20.8 Å². The molecule has 0 aromatic rings. The minimum Gasteiger partial charge on any atom is -0.461 e. The van der Waals surface area contributed by atoms with Crippen molar-refractivity contribution in [3.63, 3.8) is 0 Å². The normalized spacial score (nSPS) is 46.5. The van der Waals surface area contributed by atoms with Crippen LogP contribution in [0.25, 0.3) is 0 Å². The van der Waals surface area contributed by atoms with Gasteiger partial charge < -0.3 is 10.5 Å². The van der Waals surface area contributed by atoms with Crippen LogP contribution in [-0.4, -0.2) is 23.9 Å². The number of carbonyl (C=O) groups excluding carboxylic acids is 2. The molecule has 2 N–H and O–H groups in total. The summed E-state index contributed by atoms with van der Waals surface area (Å²) in [7, 11) is 0. The Morgan fingerprint density at radius 1 is 0.933 bits per heavy atom. The van der Waals surface area contributed by atoms with E-state index in [0.717, 1.165) is 43.4 Å². The molecule has 9 atom stereocenters. The average Bonchev–Trinajstić information content (AvgIpc) is 3.05. The van der Waals surface area contributed by atoms with Gasteiger partial charge in [-0.15, -0.1) is 0 Å². The van der Waals surface area contributed by atoms with Crippen LogP contribution in [0.1, 0.15) is 92.4 Å². The van der Waals surface area contributed by atoms with Crippen molar-refractivity contribution >= 4 is 11.8 Å². The molecule has 0 spiro atoms. The smallest absolute Gasteiger partial charge is 0.323 e. The number of carbonyl (C=O) groups is 2. The Morgan fingerprint density at radius 3 is 2.27 bits per heavy atom. The van der Waals surface area contributed by atoms with Crippen LogP contribution in [0.5, 0.6) is 0 Å². The zero-order chi connectivity index (χ0) is 21.8. The minimum absolute atomic E-state index is 0.0411. The number of esters is 1. The Balaban J connectivity index is 1.45. The van der Waals surface area contributed by atoms with E-state index in [9.17, 15) is 9.59 Å². The van der Waals surface area contributed by atoms with E-state index in [-0.39, 0.29) is 29.3 Å². The molecular formula is C26H43NO3. The lowest BCUT2D eigenvalue weighted by atomic mass is 9.44. The summed E-state index contributed by atoms with van der Waals surface area (Å²) in [4.78, 5) is 24.7. The summed E-state index contributed by atoms with van der Waals surface area (Å²) in [5, 5.41) is 0. The number of ether oxygens (including phenoxy) is 1. The van der Waals surface area contributed by atoms with Gasteiger partial charge in [0.2, 0.25) is 0 Å². The third-order valence-corrected chi connectivity index (χ3v) is 10.4. The Kier molecular flexibility index (Phi) is 5.87. The molecule has 0 aromatic carbocycles. The average molecular weight is 418 g/mol. The first-order valence-corrected chi connectivity index (χ1v) is 12.5. The van der Waals surface area contributed by atoms with Gasteiger partial charge in [0.1, 0.15) is 17.9 Å². The maximum atomic E-state index is 12.4. The van der Waals surface area contributed by atoms with E-state index in [1.54, 1.807) is 0 Å². The van der Waals surface area contributed by atoms with Gasteiger partial charge in [0.05, 0.1) is 0 Å².